The number of aliphatic hydroxyl groups is 1. The lowest BCUT2D eigenvalue weighted by Crippen LogP contribution is -2.47. The Hall–Kier alpha value is -0.860. The van der Waals surface area contributed by atoms with Gasteiger partial charge in [-0.25, -0.2) is 0 Å². The van der Waals surface area contributed by atoms with Gasteiger partial charge in [-0.2, -0.15) is 0 Å². The molecule has 0 radical (unpaired) electrons. The normalized spacial score (nSPS) is 20.5. The van der Waals surface area contributed by atoms with E-state index in [-0.39, 0.29) is 19.1 Å². The molecule has 1 aliphatic rings. The van der Waals surface area contributed by atoms with Crippen molar-refractivity contribution in [1.29, 1.82) is 0 Å². The topological polar surface area (TPSA) is 77.0 Å². The summed E-state index contributed by atoms with van der Waals surface area (Å²) in [6, 6.07) is 3.44. The summed E-state index contributed by atoms with van der Waals surface area (Å²) in [6.07, 6.45) is 2.35. The van der Waals surface area contributed by atoms with E-state index >= 15 is 0 Å². The fourth-order valence-corrected chi connectivity index (χ4v) is 3.72. The molecule has 1 aromatic carbocycles. The molecule has 1 saturated heterocycles. The first kappa shape index (κ1) is 27.4. The number of benzene rings is 1. The second-order valence-electron chi connectivity index (χ2n) is 8.53. The zero-order chi connectivity index (χ0) is 24.1. The number of nitrogens with one attached hydrogen (secondary N) is 1. The Bertz CT molecular complexity index is 799. The Kier molecular flexibility index (Phi) is 9.86. The number of amides is 1. The molecule has 1 aromatic rings. The summed E-state index contributed by atoms with van der Waals surface area (Å²) in [7, 11) is 0. The zero-order valence-electron chi connectivity index (χ0n) is 19.1. The van der Waals surface area contributed by atoms with Crippen LogP contribution in [0.25, 0.3) is 0 Å². The molecule has 9 heteroatoms. The molecule has 0 bridgehead atoms. The first-order valence-electron chi connectivity index (χ1n) is 10.5. The van der Waals surface area contributed by atoms with E-state index in [1.165, 1.54) is 16.7 Å². The van der Waals surface area contributed by atoms with Gasteiger partial charge in [0.05, 0.1) is 25.4 Å². The summed E-state index contributed by atoms with van der Waals surface area (Å²) in [4.78, 5) is 12.2. The minimum Gasteiger partial charge on any atom is -0.391 e. The maximum atomic E-state index is 12.2. The van der Waals surface area contributed by atoms with E-state index in [2.05, 4.69) is 38.2 Å². The number of hydrogen-bond donors (Lipinski definition) is 2. The van der Waals surface area contributed by atoms with E-state index in [0.29, 0.717) is 13.2 Å². The molecule has 0 unspecified atom stereocenters. The Morgan fingerprint density at radius 3 is 2.47 bits per heavy atom. The third-order valence-electron chi connectivity index (χ3n) is 5.18. The highest BCUT2D eigenvalue weighted by atomic mass is 35.6. The molecule has 0 saturated carbocycles. The predicted octanol–water partition coefficient (Wildman–Crippen LogP) is 4.44. The van der Waals surface area contributed by atoms with Crippen molar-refractivity contribution in [2.24, 2.45) is 0 Å². The molecule has 180 valence electrons. The quantitative estimate of drug-likeness (QED) is 0.293. The highest BCUT2D eigenvalue weighted by molar-refractivity contribution is 6.76. The number of ether oxygens (including phenoxy) is 3. The third-order valence-corrected chi connectivity index (χ3v) is 5.69. The van der Waals surface area contributed by atoms with Crippen LogP contribution in [-0.4, -0.2) is 52.1 Å². The highest BCUT2D eigenvalue weighted by Crippen LogP contribution is 2.27. The number of rotatable bonds is 9. The van der Waals surface area contributed by atoms with Gasteiger partial charge in [0, 0.05) is 6.61 Å². The van der Waals surface area contributed by atoms with E-state index < -0.39 is 27.6 Å². The second-order valence-corrected chi connectivity index (χ2v) is 10.8. The second kappa shape index (κ2) is 11.5. The van der Waals surface area contributed by atoms with Gasteiger partial charge in [-0.3, -0.25) is 4.79 Å². The Balaban J connectivity index is 1.96. The lowest BCUT2D eigenvalue weighted by molar-refractivity contribution is -0.133. The molecule has 1 fully saturated rings. The fourth-order valence-electron chi connectivity index (χ4n) is 3.56. The molecule has 2 rings (SSSR count). The summed E-state index contributed by atoms with van der Waals surface area (Å²) in [5.74, 6) is -1.52. The number of halogens is 3. The lowest BCUT2D eigenvalue weighted by atomic mass is 10.0. The smallest absolute Gasteiger partial charge is 0.272 e. The van der Waals surface area contributed by atoms with Crippen molar-refractivity contribution in [1.82, 2.24) is 5.32 Å². The van der Waals surface area contributed by atoms with Crippen molar-refractivity contribution in [2.45, 2.75) is 75.5 Å². The summed E-state index contributed by atoms with van der Waals surface area (Å²) < 4.78 is 14.9. The largest absolute Gasteiger partial charge is 0.391 e. The number of hydrogen-bond acceptors (Lipinski definition) is 5. The average Bonchev–Trinajstić information content (AvgIpc) is 3.01. The van der Waals surface area contributed by atoms with Crippen molar-refractivity contribution < 1.29 is 24.1 Å². The summed E-state index contributed by atoms with van der Waals surface area (Å²) in [5.41, 5.74) is 4.67. The lowest BCUT2D eigenvalue weighted by Gasteiger charge is -2.24. The molecule has 1 amide bonds. The van der Waals surface area contributed by atoms with Gasteiger partial charge in [-0.15, -0.1) is 0 Å². The van der Waals surface area contributed by atoms with Crippen molar-refractivity contribution in [3.05, 3.63) is 46.5 Å². The number of carbonyl (C=O) groups is 1. The van der Waals surface area contributed by atoms with Crippen LogP contribution in [0.1, 0.15) is 42.5 Å². The van der Waals surface area contributed by atoms with Gasteiger partial charge >= 0.3 is 0 Å². The van der Waals surface area contributed by atoms with E-state index in [0.717, 1.165) is 5.56 Å². The molecule has 0 aliphatic carbocycles. The maximum absolute atomic E-state index is 12.2. The van der Waals surface area contributed by atoms with E-state index in [9.17, 15) is 9.90 Å². The molecule has 0 aromatic heterocycles. The van der Waals surface area contributed by atoms with E-state index in [1.807, 2.05) is 13.8 Å². The van der Waals surface area contributed by atoms with Crippen LogP contribution in [0.2, 0.25) is 0 Å². The third kappa shape index (κ3) is 8.49. The van der Waals surface area contributed by atoms with Crippen molar-refractivity contribution in [3.63, 3.8) is 0 Å². The Morgan fingerprint density at radius 2 is 1.94 bits per heavy atom. The van der Waals surface area contributed by atoms with Crippen LogP contribution in [-0.2, 0) is 25.6 Å². The molecule has 6 nitrogen and oxygen atoms in total. The number of aliphatic hydroxyl groups excluding tert-OH is 1. The van der Waals surface area contributed by atoms with Gasteiger partial charge < -0.3 is 24.6 Å². The molecule has 1 heterocycles. The van der Waals surface area contributed by atoms with Crippen LogP contribution < -0.4 is 5.32 Å². The van der Waals surface area contributed by atoms with Crippen molar-refractivity contribution in [2.75, 3.05) is 13.2 Å². The van der Waals surface area contributed by atoms with Crippen LogP contribution in [0.5, 0.6) is 0 Å². The van der Waals surface area contributed by atoms with Gasteiger partial charge in [0.1, 0.15) is 6.10 Å². The minimum absolute atomic E-state index is 0.270. The molecule has 1 aliphatic heterocycles. The highest BCUT2D eigenvalue weighted by Gasteiger charge is 2.34. The maximum Gasteiger partial charge on any atom is 0.272 e. The zero-order valence-corrected chi connectivity index (χ0v) is 21.4. The molecule has 0 spiro atoms. The summed E-state index contributed by atoms with van der Waals surface area (Å²) >= 11 is 17.0. The van der Waals surface area contributed by atoms with Crippen molar-refractivity contribution in [3.8, 4) is 0 Å². The number of carbonyl (C=O) groups excluding carboxylic acids is 1. The Labute approximate surface area is 205 Å². The first-order valence-corrected chi connectivity index (χ1v) is 11.6. The fraction of sp³-hybridized carbons (Fsp3) is 0.609. The van der Waals surface area contributed by atoms with Gasteiger partial charge in [-0.1, -0.05) is 64.7 Å². The molecule has 3 atom stereocenters. The number of aryl methyl sites for hydroxylation is 3. The van der Waals surface area contributed by atoms with Crippen LogP contribution in [0.15, 0.2) is 24.3 Å². The monoisotopic (exact) mass is 507 g/mol. The first-order chi connectivity index (χ1) is 14.8. The molecule has 32 heavy (non-hydrogen) atoms. The van der Waals surface area contributed by atoms with E-state index in [4.69, 9.17) is 49.0 Å². The molecule has 2 N–H and O–H groups in total. The molecular weight excluding hydrogens is 477 g/mol. The van der Waals surface area contributed by atoms with Crippen LogP contribution in [0, 0.1) is 20.8 Å². The van der Waals surface area contributed by atoms with Crippen LogP contribution in [0.4, 0.5) is 0 Å². The SMILES string of the molecule is Cc1cc(C)c(COCC[C@H](O)[C@H](/C=C/[C@H]2COC(C)(C)O2)NC(=O)C(Cl)(Cl)Cl)c(C)c1. The average molecular weight is 509 g/mol. The van der Waals surface area contributed by atoms with Gasteiger partial charge in [0.2, 0.25) is 0 Å². The van der Waals surface area contributed by atoms with Gasteiger partial charge in [-0.05, 0) is 57.7 Å². The number of alkyl halides is 3. The van der Waals surface area contributed by atoms with Crippen LogP contribution >= 0.6 is 34.8 Å². The van der Waals surface area contributed by atoms with Crippen LogP contribution in [0.3, 0.4) is 0 Å². The van der Waals surface area contributed by atoms with E-state index in [1.54, 1.807) is 12.2 Å². The van der Waals surface area contributed by atoms with Gasteiger partial charge in [0.25, 0.3) is 9.70 Å². The summed E-state index contributed by atoms with van der Waals surface area (Å²) in [5, 5.41) is 13.3. The predicted molar refractivity (Wildman–Crippen MR) is 127 cm³/mol. The molecular formula is C23H32Cl3NO5. The Morgan fingerprint density at radius 1 is 1.31 bits per heavy atom. The van der Waals surface area contributed by atoms with Gasteiger partial charge in [0.15, 0.2) is 5.79 Å². The summed E-state index contributed by atoms with van der Waals surface area (Å²) in [6.45, 7) is 10.9. The van der Waals surface area contributed by atoms with Crippen molar-refractivity contribution >= 4 is 40.7 Å². The minimum atomic E-state index is -2.14. The standard InChI is InChI=1S/C23H32Cl3NO5/c1-14-10-15(2)18(16(3)11-14)13-30-9-8-20(28)19(27-21(29)23(24,25)26)7-6-17-12-31-22(4,5)32-17/h6-7,10-11,17,19-20,28H,8-9,12-13H2,1-5H3,(H,27,29)/b7-6+/t17-,19-,20-/m0/s1.